The van der Waals surface area contributed by atoms with E-state index in [4.69, 9.17) is 0 Å². The summed E-state index contributed by atoms with van der Waals surface area (Å²) in [6, 6.07) is 0.680. The second-order valence-corrected chi connectivity index (χ2v) is 4.70. The first-order valence-corrected chi connectivity index (χ1v) is 6.35. The van der Waals surface area contributed by atoms with E-state index < -0.39 is 0 Å². The Morgan fingerprint density at radius 1 is 1.60 bits per heavy atom. The van der Waals surface area contributed by atoms with Crippen molar-refractivity contribution in [1.29, 1.82) is 0 Å². The van der Waals surface area contributed by atoms with E-state index in [2.05, 4.69) is 26.5 Å². The second kappa shape index (κ2) is 4.90. The summed E-state index contributed by atoms with van der Waals surface area (Å²) in [4.78, 5) is 6.83. The molecule has 0 spiro atoms. The Bertz CT molecular complexity index is 312. The monoisotopic (exact) mass is 226 g/mol. The number of aromatic nitrogens is 2. The first-order valence-electron chi connectivity index (χ1n) is 5.58. The van der Waals surface area contributed by atoms with Gasteiger partial charge in [-0.05, 0) is 32.9 Å². The van der Waals surface area contributed by atoms with Gasteiger partial charge in [-0.25, -0.2) is 4.98 Å². The smallest absolute Gasteiger partial charge is 0.202 e. The van der Waals surface area contributed by atoms with Crippen molar-refractivity contribution in [2.45, 2.75) is 32.7 Å². The first kappa shape index (κ1) is 10.8. The van der Waals surface area contributed by atoms with Crippen LogP contribution in [0, 0.1) is 6.92 Å². The lowest BCUT2D eigenvalue weighted by molar-refractivity contribution is 0.277. The summed E-state index contributed by atoms with van der Waals surface area (Å²) in [7, 11) is 0. The van der Waals surface area contributed by atoms with E-state index in [-0.39, 0.29) is 0 Å². The van der Waals surface area contributed by atoms with Gasteiger partial charge in [-0.15, -0.1) is 0 Å². The van der Waals surface area contributed by atoms with Gasteiger partial charge in [0.2, 0.25) is 5.13 Å². The van der Waals surface area contributed by atoms with Crippen LogP contribution in [-0.2, 0) is 0 Å². The maximum Gasteiger partial charge on any atom is 0.202 e. The zero-order valence-corrected chi connectivity index (χ0v) is 10.2. The van der Waals surface area contributed by atoms with Crippen LogP contribution in [0.25, 0.3) is 0 Å². The average molecular weight is 226 g/mol. The third-order valence-corrected chi connectivity index (χ3v) is 3.69. The fraction of sp³-hybridized carbons (Fsp3) is 0.800. The fourth-order valence-electron chi connectivity index (χ4n) is 2.12. The Labute approximate surface area is 94.9 Å². The Kier molecular flexibility index (Phi) is 3.53. The Morgan fingerprint density at radius 2 is 2.47 bits per heavy atom. The molecule has 1 atom stereocenters. The van der Waals surface area contributed by atoms with Crippen LogP contribution in [0.4, 0.5) is 5.13 Å². The molecule has 1 aliphatic rings. The lowest BCUT2D eigenvalue weighted by Gasteiger charge is -2.22. The topological polar surface area (TPSA) is 41.0 Å². The van der Waals surface area contributed by atoms with Crippen LogP contribution in [0.15, 0.2) is 0 Å². The van der Waals surface area contributed by atoms with Gasteiger partial charge in [-0.1, -0.05) is 6.92 Å². The molecule has 1 aromatic heterocycles. The van der Waals surface area contributed by atoms with Crippen molar-refractivity contribution in [3.8, 4) is 0 Å². The summed E-state index contributed by atoms with van der Waals surface area (Å²) in [5.41, 5.74) is 0. The van der Waals surface area contributed by atoms with E-state index in [1.54, 1.807) is 0 Å². The van der Waals surface area contributed by atoms with E-state index in [1.165, 1.54) is 30.9 Å². The molecule has 84 valence electrons. The van der Waals surface area contributed by atoms with Crippen LogP contribution in [0.3, 0.4) is 0 Å². The van der Waals surface area contributed by atoms with Gasteiger partial charge in [0.1, 0.15) is 5.82 Å². The van der Waals surface area contributed by atoms with Crippen molar-refractivity contribution >= 4 is 16.7 Å². The van der Waals surface area contributed by atoms with Crippen LogP contribution in [0.2, 0.25) is 0 Å². The van der Waals surface area contributed by atoms with Gasteiger partial charge in [-0.2, -0.15) is 4.37 Å². The number of hydrogen-bond acceptors (Lipinski definition) is 5. The van der Waals surface area contributed by atoms with Crippen molar-refractivity contribution in [1.82, 2.24) is 14.3 Å². The van der Waals surface area contributed by atoms with Crippen LogP contribution in [-0.4, -0.2) is 39.9 Å². The summed E-state index contributed by atoms with van der Waals surface area (Å²) >= 11 is 1.45. The largest absolute Gasteiger partial charge is 0.359 e. The molecule has 0 radical (unpaired) electrons. The molecule has 1 saturated heterocycles. The molecule has 0 aliphatic carbocycles. The molecule has 15 heavy (non-hydrogen) atoms. The molecule has 1 N–H and O–H groups in total. The molecule has 5 heteroatoms. The number of rotatable bonds is 4. The minimum Gasteiger partial charge on any atom is -0.359 e. The zero-order chi connectivity index (χ0) is 10.7. The van der Waals surface area contributed by atoms with Crippen LogP contribution >= 0.6 is 11.5 Å². The summed E-state index contributed by atoms with van der Waals surface area (Å²) in [6.45, 7) is 7.56. The lowest BCUT2D eigenvalue weighted by Crippen LogP contribution is -2.34. The Morgan fingerprint density at radius 3 is 3.13 bits per heavy atom. The Hall–Kier alpha value is -0.680. The molecule has 2 rings (SSSR count). The van der Waals surface area contributed by atoms with Gasteiger partial charge in [0.25, 0.3) is 0 Å². The molecule has 1 aromatic rings. The molecule has 2 heterocycles. The van der Waals surface area contributed by atoms with E-state index in [0.29, 0.717) is 6.04 Å². The maximum atomic E-state index is 4.30. The van der Waals surface area contributed by atoms with Crippen molar-refractivity contribution in [3.05, 3.63) is 5.82 Å². The van der Waals surface area contributed by atoms with Crippen molar-refractivity contribution in [2.24, 2.45) is 0 Å². The molecule has 1 aliphatic heterocycles. The molecule has 0 amide bonds. The number of nitrogens with zero attached hydrogens (tertiary/aromatic N) is 3. The van der Waals surface area contributed by atoms with Crippen LogP contribution < -0.4 is 5.32 Å². The van der Waals surface area contributed by atoms with Gasteiger partial charge in [0.05, 0.1) is 0 Å². The van der Waals surface area contributed by atoms with E-state index in [1.807, 2.05) is 6.92 Å². The van der Waals surface area contributed by atoms with Crippen molar-refractivity contribution < 1.29 is 0 Å². The average Bonchev–Trinajstić information content (AvgIpc) is 2.83. The van der Waals surface area contributed by atoms with Crippen LogP contribution in [0.5, 0.6) is 0 Å². The van der Waals surface area contributed by atoms with E-state index in [0.717, 1.165) is 24.0 Å². The number of hydrogen-bond donors (Lipinski definition) is 1. The second-order valence-electron chi connectivity index (χ2n) is 3.95. The third kappa shape index (κ3) is 2.66. The summed E-state index contributed by atoms with van der Waals surface area (Å²) in [6.07, 6.45) is 2.63. The maximum absolute atomic E-state index is 4.30. The minimum absolute atomic E-state index is 0.680. The lowest BCUT2D eigenvalue weighted by atomic mass is 10.2. The van der Waals surface area contributed by atoms with E-state index >= 15 is 0 Å². The molecule has 0 bridgehead atoms. The zero-order valence-electron chi connectivity index (χ0n) is 9.36. The molecule has 0 saturated carbocycles. The SMILES string of the molecule is CCN1CCCC1CNc1nc(C)ns1. The first-order chi connectivity index (χ1) is 7.29. The number of aryl methyl sites for hydroxylation is 1. The molecule has 1 fully saturated rings. The summed E-state index contributed by atoms with van der Waals surface area (Å²) in [5, 5.41) is 4.33. The molecule has 1 unspecified atom stereocenters. The van der Waals surface area contributed by atoms with Crippen LogP contribution in [0.1, 0.15) is 25.6 Å². The molecule has 0 aromatic carbocycles. The number of likely N-dealkylation sites (N-methyl/N-ethyl adjacent to an activating group) is 1. The highest BCUT2D eigenvalue weighted by molar-refractivity contribution is 7.09. The summed E-state index contributed by atoms with van der Waals surface area (Å²) in [5.74, 6) is 0.862. The number of anilines is 1. The highest BCUT2D eigenvalue weighted by Gasteiger charge is 2.22. The van der Waals surface area contributed by atoms with Crippen molar-refractivity contribution in [3.63, 3.8) is 0 Å². The highest BCUT2D eigenvalue weighted by atomic mass is 32.1. The fourth-order valence-corrected chi connectivity index (χ4v) is 2.70. The number of nitrogens with one attached hydrogen (secondary N) is 1. The third-order valence-electron chi connectivity index (χ3n) is 2.92. The van der Waals surface area contributed by atoms with Gasteiger partial charge in [0.15, 0.2) is 0 Å². The van der Waals surface area contributed by atoms with Gasteiger partial charge in [-0.3, -0.25) is 4.90 Å². The minimum atomic E-state index is 0.680. The van der Waals surface area contributed by atoms with Gasteiger partial charge in [0, 0.05) is 24.1 Å². The molecular formula is C10H18N4S. The van der Waals surface area contributed by atoms with E-state index in [9.17, 15) is 0 Å². The molecule has 4 nitrogen and oxygen atoms in total. The highest BCUT2D eigenvalue weighted by Crippen LogP contribution is 2.18. The number of likely N-dealkylation sites (tertiary alicyclic amines) is 1. The van der Waals surface area contributed by atoms with Crippen molar-refractivity contribution in [2.75, 3.05) is 25.0 Å². The predicted octanol–water partition coefficient (Wildman–Crippen LogP) is 1.74. The summed E-state index contributed by atoms with van der Waals surface area (Å²) < 4.78 is 4.16. The standard InChI is InChI=1S/C10H18N4S/c1-3-14-6-4-5-9(14)7-11-10-12-8(2)13-15-10/h9H,3-7H2,1-2H3,(H,11,12,13). The Balaban J connectivity index is 1.82. The van der Waals surface area contributed by atoms with Gasteiger partial charge >= 0.3 is 0 Å². The normalized spacial score (nSPS) is 22.1. The quantitative estimate of drug-likeness (QED) is 0.849. The molecular weight excluding hydrogens is 208 g/mol. The van der Waals surface area contributed by atoms with Gasteiger partial charge < -0.3 is 5.32 Å². The predicted molar refractivity (Wildman–Crippen MR) is 63.4 cm³/mol.